The molecule has 3 aliphatic rings. The van der Waals surface area contributed by atoms with Gasteiger partial charge < -0.3 is 24.4 Å². The molecule has 0 radical (unpaired) electrons. The van der Waals surface area contributed by atoms with Crippen LogP contribution in [-0.2, 0) is 9.53 Å². The number of phenolic OH excluding ortho intramolecular Hbond substituents is 1. The fourth-order valence-corrected chi connectivity index (χ4v) is 6.82. The number of anilines is 1. The normalized spacial score (nSPS) is 24.0. The number of hydrogen-bond acceptors (Lipinski definition) is 10. The summed E-state index contributed by atoms with van der Waals surface area (Å²) < 4.78 is 27.9. The third kappa shape index (κ3) is 4.47. The van der Waals surface area contributed by atoms with E-state index in [2.05, 4.69) is 27.2 Å². The number of phenols is 1. The van der Waals surface area contributed by atoms with Gasteiger partial charge >= 0.3 is 12.0 Å². The second kappa shape index (κ2) is 10.3. The molecule has 0 unspecified atom stereocenters. The summed E-state index contributed by atoms with van der Waals surface area (Å²) in [6.45, 7) is 2.27. The molecule has 2 aromatic carbocycles. The van der Waals surface area contributed by atoms with Gasteiger partial charge in [0.05, 0.1) is 12.5 Å². The SMILES string of the molecule is COC(=O)[C@]12CC[C@@H](CN(c3nc(OC[C@@H]4CCCN4C)nc4c(F)c(-c5cc(O)cc6ccccc56)ncc34)C1)N2. The summed E-state index contributed by atoms with van der Waals surface area (Å²) in [5.74, 6) is -0.468. The van der Waals surface area contributed by atoms with Gasteiger partial charge in [-0.25, -0.2) is 9.18 Å². The number of likely N-dealkylation sites (N-methyl/N-ethyl adjacent to an activating group) is 1. The minimum absolute atomic E-state index is 0.0162. The van der Waals surface area contributed by atoms with Crippen LogP contribution in [0.3, 0.4) is 0 Å². The molecular weight excluding hydrogens is 539 g/mol. The van der Waals surface area contributed by atoms with Crippen LogP contribution in [0.25, 0.3) is 32.9 Å². The van der Waals surface area contributed by atoms with Gasteiger partial charge in [-0.05, 0) is 62.2 Å². The van der Waals surface area contributed by atoms with Gasteiger partial charge in [0.15, 0.2) is 5.82 Å². The molecule has 0 saturated carbocycles. The van der Waals surface area contributed by atoms with Crippen molar-refractivity contribution in [2.45, 2.75) is 43.3 Å². The molecule has 0 aliphatic carbocycles. The highest BCUT2D eigenvalue weighted by Gasteiger charge is 2.51. The number of carbonyl (C=O) groups excluding carboxylic acids is 1. The fraction of sp³-hybridized carbons (Fsp3) is 0.419. The van der Waals surface area contributed by atoms with Gasteiger partial charge in [0.1, 0.15) is 34.9 Å². The maximum absolute atomic E-state index is 16.6. The minimum atomic E-state index is -0.866. The van der Waals surface area contributed by atoms with Gasteiger partial charge in [-0.3, -0.25) is 10.3 Å². The highest BCUT2D eigenvalue weighted by Crippen LogP contribution is 2.39. The molecule has 11 heteroatoms. The smallest absolute Gasteiger partial charge is 0.327 e. The molecule has 3 saturated heterocycles. The number of nitrogens with zero attached hydrogens (tertiary/aromatic N) is 5. The predicted molar refractivity (Wildman–Crippen MR) is 156 cm³/mol. The summed E-state index contributed by atoms with van der Waals surface area (Å²) in [6, 6.07) is 11.0. The summed E-state index contributed by atoms with van der Waals surface area (Å²) in [6.07, 6.45) is 5.12. The maximum atomic E-state index is 16.6. The molecule has 2 bridgehead atoms. The van der Waals surface area contributed by atoms with E-state index in [1.807, 2.05) is 29.2 Å². The molecule has 5 heterocycles. The predicted octanol–water partition coefficient (Wildman–Crippen LogP) is 3.65. The summed E-state index contributed by atoms with van der Waals surface area (Å²) in [5.41, 5.74) is -0.253. The molecule has 3 fully saturated rings. The van der Waals surface area contributed by atoms with Crippen molar-refractivity contribution in [2.24, 2.45) is 0 Å². The number of fused-ring (bicyclic) bond motifs is 4. The molecule has 2 N–H and O–H groups in total. The number of esters is 1. The lowest BCUT2D eigenvalue weighted by molar-refractivity contribution is -0.148. The lowest BCUT2D eigenvalue weighted by Gasteiger charge is -2.40. The average Bonchev–Trinajstić information content (AvgIpc) is 3.56. The molecule has 218 valence electrons. The summed E-state index contributed by atoms with van der Waals surface area (Å²) in [5, 5.41) is 15.8. The average molecular weight is 573 g/mol. The number of piperazine rings is 1. The first-order valence-electron chi connectivity index (χ1n) is 14.4. The molecular formula is C31H33FN6O4. The van der Waals surface area contributed by atoms with E-state index in [1.165, 1.54) is 13.2 Å². The Morgan fingerprint density at radius 2 is 2.07 bits per heavy atom. The highest BCUT2D eigenvalue weighted by molar-refractivity contribution is 6.00. The van der Waals surface area contributed by atoms with Crippen molar-refractivity contribution in [3.05, 3.63) is 48.4 Å². The van der Waals surface area contributed by atoms with Gasteiger partial charge in [-0.1, -0.05) is 24.3 Å². The molecule has 10 nitrogen and oxygen atoms in total. The Morgan fingerprint density at radius 3 is 2.88 bits per heavy atom. The zero-order valence-corrected chi connectivity index (χ0v) is 23.6. The Labute approximate surface area is 242 Å². The van der Waals surface area contributed by atoms with Crippen molar-refractivity contribution in [2.75, 3.05) is 45.3 Å². The topological polar surface area (TPSA) is 113 Å². The van der Waals surface area contributed by atoms with Crippen molar-refractivity contribution >= 4 is 33.5 Å². The van der Waals surface area contributed by atoms with Crippen LogP contribution in [0.5, 0.6) is 11.8 Å². The molecule has 7 rings (SSSR count). The number of likely N-dealkylation sites (tertiary alicyclic amines) is 1. The molecule has 0 spiro atoms. The Balaban J connectivity index is 1.36. The van der Waals surface area contributed by atoms with Crippen LogP contribution < -0.4 is 15.0 Å². The van der Waals surface area contributed by atoms with Crippen molar-refractivity contribution in [1.82, 2.24) is 25.2 Å². The summed E-state index contributed by atoms with van der Waals surface area (Å²) in [4.78, 5) is 31.0. The first-order valence-corrected chi connectivity index (χ1v) is 14.4. The Bertz CT molecular complexity index is 1700. The van der Waals surface area contributed by atoms with Gasteiger partial charge in [0, 0.05) is 36.9 Å². The van der Waals surface area contributed by atoms with Gasteiger partial charge in [-0.2, -0.15) is 9.97 Å². The number of ether oxygens (including phenoxy) is 2. The van der Waals surface area contributed by atoms with Crippen molar-refractivity contribution in [3.63, 3.8) is 0 Å². The van der Waals surface area contributed by atoms with Crippen LogP contribution in [0.4, 0.5) is 10.2 Å². The number of rotatable bonds is 6. The largest absolute Gasteiger partial charge is 0.508 e. The number of methoxy groups -OCH3 is 1. The van der Waals surface area contributed by atoms with E-state index in [0.717, 1.165) is 36.6 Å². The van der Waals surface area contributed by atoms with Crippen LogP contribution >= 0.6 is 0 Å². The van der Waals surface area contributed by atoms with Crippen LogP contribution in [0, 0.1) is 5.82 Å². The number of halogens is 1. The lowest BCUT2D eigenvalue weighted by atomic mass is 9.97. The quantitative estimate of drug-likeness (QED) is 0.332. The number of pyridine rings is 1. The van der Waals surface area contributed by atoms with Crippen molar-refractivity contribution in [3.8, 4) is 23.0 Å². The number of carbonyl (C=O) groups is 1. The fourth-order valence-electron chi connectivity index (χ4n) is 6.82. The molecule has 4 aromatic rings. The van der Waals surface area contributed by atoms with Crippen molar-refractivity contribution < 1.29 is 23.8 Å². The highest BCUT2D eigenvalue weighted by atomic mass is 19.1. The molecule has 2 aromatic heterocycles. The van der Waals surface area contributed by atoms with Crippen molar-refractivity contribution in [1.29, 1.82) is 0 Å². The van der Waals surface area contributed by atoms with Crippen LogP contribution in [0.15, 0.2) is 42.6 Å². The third-order valence-corrected chi connectivity index (χ3v) is 9.00. The molecule has 0 amide bonds. The standard InChI is InChI=1S/C31H33FN6O4/c1-37-11-5-7-20(37)16-42-30-34-27-24(28(35-30)38-15-19-9-10-31(17-38,36-19)29(40)41-2)14-33-26(25(27)32)23-13-21(39)12-18-6-3-4-8-22(18)23/h3-4,6,8,12-14,19-20,36,39H,5,7,9-11,15-17H2,1-2H3/t19-,20-,31-/m0/s1. The van der Waals surface area contributed by atoms with Crippen LogP contribution in [-0.4, -0.2) is 88.9 Å². The number of benzene rings is 2. The number of nitrogens with one attached hydrogen (secondary N) is 1. The number of aromatic hydroxyl groups is 1. The van der Waals surface area contributed by atoms with Crippen LogP contribution in [0.2, 0.25) is 0 Å². The van der Waals surface area contributed by atoms with E-state index in [-0.39, 0.29) is 41.0 Å². The third-order valence-electron chi connectivity index (χ3n) is 9.00. The van der Waals surface area contributed by atoms with E-state index in [1.54, 1.807) is 12.3 Å². The number of aromatic nitrogens is 3. The number of hydrogen-bond donors (Lipinski definition) is 2. The van der Waals surface area contributed by atoms with E-state index in [4.69, 9.17) is 14.5 Å². The molecule has 3 atom stereocenters. The first kappa shape index (κ1) is 26.8. The lowest BCUT2D eigenvalue weighted by Crippen LogP contribution is -2.64. The Hall–Kier alpha value is -4.09. The van der Waals surface area contributed by atoms with Gasteiger partial charge in [-0.15, -0.1) is 0 Å². The monoisotopic (exact) mass is 572 g/mol. The maximum Gasteiger partial charge on any atom is 0.327 e. The van der Waals surface area contributed by atoms with Crippen LogP contribution in [0.1, 0.15) is 25.7 Å². The first-order chi connectivity index (χ1) is 20.3. The van der Waals surface area contributed by atoms with Gasteiger partial charge in [0.2, 0.25) is 0 Å². The van der Waals surface area contributed by atoms with E-state index >= 15 is 4.39 Å². The zero-order valence-electron chi connectivity index (χ0n) is 23.6. The minimum Gasteiger partial charge on any atom is -0.508 e. The Morgan fingerprint density at radius 1 is 1.21 bits per heavy atom. The van der Waals surface area contributed by atoms with E-state index < -0.39 is 11.4 Å². The second-order valence-corrected chi connectivity index (χ2v) is 11.6. The second-order valence-electron chi connectivity index (χ2n) is 11.6. The van der Waals surface area contributed by atoms with Gasteiger partial charge in [0.25, 0.3) is 0 Å². The zero-order chi connectivity index (χ0) is 29.0. The molecule has 3 aliphatic heterocycles. The summed E-state index contributed by atoms with van der Waals surface area (Å²) in [7, 11) is 3.46. The Kier molecular flexibility index (Phi) is 6.58. The molecule has 42 heavy (non-hydrogen) atoms. The van der Waals surface area contributed by atoms with E-state index in [0.29, 0.717) is 42.9 Å². The summed E-state index contributed by atoms with van der Waals surface area (Å²) >= 11 is 0. The van der Waals surface area contributed by atoms with E-state index in [9.17, 15) is 9.90 Å².